The monoisotopic (exact) mass is 458 g/mol. The van der Waals surface area contributed by atoms with Crippen molar-refractivity contribution in [1.82, 2.24) is 24.4 Å². The molecule has 1 aliphatic rings. The molecule has 8 nitrogen and oxygen atoms in total. The Morgan fingerprint density at radius 1 is 1.12 bits per heavy atom. The molecule has 0 bridgehead atoms. The van der Waals surface area contributed by atoms with Crippen molar-refractivity contribution >= 4 is 22.7 Å². The first kappa shape index (κ1) is 23.3. The highest BCUT2D eigenvalue weighted by atomic mass is 16.5. The zero-order valence-corrected chi connectivity index (χ0v) is 19.2. The van der Waals surface area contributed by atoms with Crippen LogP contribution in [0.15, 0.2) is 84.7 Å². The fraction of sp³-hybridized carbons (Fsp3) is 0.269. The van der Waals surface area contributed by atoms with E-state index in [1.54, 1.807) is 28.9 Å². The Morgan fingerprint density at radius 3 is 2.71 bits per heavy atom. The average molecular weight is 459 g/mol. The SMILES string of the molecule is C=C/C(=C\C=C(/C=C)n1c(=O)n(C2CCCCCNC2)c2ncnc(N)c21)Oc1ccccc1. The largest absolute Gasteiger partial charge is 0.457 e. The van der Waals surface area contributed by atoms with E-state index < -0.39 is 0 Å². The number of nitrogen functional groups attached to an aromatic ring is 1. The fourth-order valence-electron chi connectivity index (χ4n) is 4.20. The standard InChI is InChI=1S/C26H30N6O2/c1-3-19(14-15-21(4-2)34-22-12-8-5-9-13-22)31-23-24(27)29-18-30-25(23)32(26(31)33)20-11-7-6-10-16-28-17-20/h3-5,8-9,12-15,18,20,28H,1-2,6-7,10-11,16-17H2,(H2,27,29,30)/b19-14+,21-15+. The maximum atomic E-state index is 13.8. The third-order valence-electron chi connectivity index (χ3n) is 5.88. The highest BCUT2D eigenvalue weighted by Crippen LogP contribution is 2.25. The fourth-order valence-corrected chi connectivity index (χ4v) is 4.20. The number of ether oxygens (including phenoxy) is 1. The minimum Gasteiger partial charge on any atom is -0.457 e. The van der Waals surface area contributed by atoms with Crippen molar-refractivity contribution in [2.24, 2.45) is 0 Å². The van der Waals surface area contributed by atoms with E-state index in [2.05, 4.69) is 28.4 Å². The second-order valence-electron chi connectivity index (χ2n) is 8.11. The molecule has 3 N–H and O–H groups in total. The molecular formula is C26H30N6O2. The molecule has 1 aromatic carbocycles. The lowest BCUT2D eigenvalue weighted by atomic mass is 10.1. The summed E-state index contributed by atoms with van der Waals surface area (Å²) in [5.74, 6) is 1.45. The number of nitrogens with two attached hydrogens (primary N) is 1. The number of anilines is 1. The third kappa shape index (κ3) is 4.87. The van der Waals surface area contributed by atoms with Gasteiger partial charge in [-0.25, -0.2) is 14.8 Å². The summed E-state index contributed by atoms with van der Waals surface area (Å²) in [5, 5.41) is 3.45. The van der Waals surface area contributed by atoms with Gasteiger partial charge < -0.3 is 15.8 Å². The van der Waals surface area contributed by atoms with Crippen LogP contribution in [-0.4, -0.2) is 32.2 Å². The Hall–Kier alpha value is -3.91. The second kappa shape index (κ2) is 10.8. The Labute approximate surface area is 198 Å². The lowest BCUT2D eigenvalue weighted by molar-refractivity contribution is 0.385. The predicted octanol–water partition coefficient (Wildman–Crippen LogP) is 4.06. The van der Waals surface area contributed by atoms with Crippen LogP contribution in [0.5, 0.6) is 5.75 Å². The highest BCUT2D eigenvalue weighted by molar-refractivity contribution is 5.86. The van der Waals surface area contributed by atoms with Gasteiger partial charge in [0.2, 0.25) is 0 Å². The Bertz CT molecular complexity index is 1280. The van der Waals surface area contributed by atoms with Crippen molar-refractivity contribution in [2.45, 2.75) is 31.7 Å². The van der Waals surface area contributed by atoms with Crippen LogP contribution in [0.3, 0.4) is 0 Å². The predicted molar refractivity (Wildman–Crippen MR) is 136 cm³/mol. The van der Waals surface area contributed by atoms with Crippen LogP contribution in [-0.2, 0) is 0 Å². The zero-order valence-electron chi connectivity index (χ0n) is 19.2. The molecule has 1 unspecified atom stereocenters. The van der Waals surface area contributed by atoms with Crippen molar-refractivity contribution in [3.05, 3.63) is 90.4 Å². The topological polar surface area (TPSA) is 100.0 Å². The third-order valence-corrected chi connectivity index (χ3v) is 5.88. The Kier molecular flexibility index (Phi) is 7.39. The van der Waals surface area contributed by atoms with Crippen LogP contribution in [0, 0.1) is 0 Å². The number of imidazole rings is 1. The lowest BCUT2D eigenvalue weighted by Crippen LogP contribution is -2.34. The van der Waals surface area contributed by atoms with Gasteiger partial charge in [0.25, 0.3) is 0 Å². The summed E-state index contributed by atoms with van der Waals surface area (Å²) >= 11 is 0. The van der Waals surface area contributed by atoms with E-state index in [0.29, 0.717) is 34.9 Å². The van der Waals surface area contributed by atoms with Crippen LogP contribution in [0.25, 0.3) is 16.9 Å². The van der Waals surface area contributed by atoms with Gasteiger partial charge >= 0.3 is 5.69 Å². The average Bonchev–Trinajstić information content (AvgIpc) is 3.12. The zero-order chi connectivity index (χ0) is 23.9. The highest BCUT2D eigenvalue weighted by Gasteiger charge is 2.24. The van der Waals surface area contributed by atoms with Crippen LogP contribution in [0.2, 0.25) is 0 Å². The maximum absolute atomic E-state index is 13.8. The van der Waals surface area contributed by atoms with Crippen LogP contribution < -0.4 is 21.5 Å². The van der Waals surface area contributed by atoms with Crippen LogP contribution in [0.1, 0.15) is 31.7 Å². The Balaban J connectivity index is 1.80. The normalized spacial score (nSPS) is 17.7. The van der Waals surface area contributed by atoms with Gasteiger partial charge in [-0.15, -0.1) is 0 Å². The summed E-state index contributed by atoms with van der Waals surface area (Å²) in [7, 11) is 0. The first-order chi connectivity index (χ1) is 16.6. The first-order valence-corrected chi connectivity index (χ1v) is 11.5. The number of aromatic nitrogens is 4. The summed E-state index contributed by atoms with van der Waals surface area (Å²) in [6.07, 6.45) is 12.3. The number of allylic oxidation sites excluding steroid dienone is 5. The minimum atomic E-state index is -0.224. The molecule has 0 spiro atoms. The van der Waals surface area contributed by atoms with Crippen molar-refractivity contribution in [1.29, 1.82) is 0 Å². The van der Waals surface area contributed by atoms with Crippen LogP contribution >= 0.6 is 0 Å². The summed E-state index contributed by atoms with van der Waals surface area (Å²) in [6, 6.07) is 9.38. The molecule has 1 saturated heterocycles. The molecule has 34 heavy (non-hydrogen) atoms. The molecule has 1 atom stereocenters. The van der Waals surface area contributed by atoms with Gasteiger partial charge in [-0.1, -0.05) is 44.2 Å². The molecule has 0 saturated carbocycles. The van der Waals surface area contributed by atoms with Gasteiger partial charge in [0.15, 0.2) is 11.5 Å². The number of hydrogen-bond acceptors (Lipinski definition) is 6. The number of para-hydroxylation sites is 1. The molecule has 1 fully saturated rings. The molecule has 0 amide bonds. The van der Waals surface area contributed by atoms with Crippen molar-refractivity contribution in [3.63, 3.8) is 0 Å². The van der Waals surface area contributed by atoms with Crippen LogP contribution in [0.4, 0.5) is 5.82 Å². The van der Waals surface area contributed by atoms with E-state index in [-0.39, 0.29) is 17.5 Å². The van der Waals surface area contributed by atoms with E-state index in [1.165, 1.54) is 10.9 Å². The van der Waals surface area contributed by atoms with Crippen molar-refractivity contribution in [2.75, 3.05) is 18.8 Å². The molecular weight excluding hydrogens is 428 g/mol. The molecule has 176 valence electrons. The molecule has 1 aliphatic heterocycles. The maximum Gasteiger partial charge on any atom is 0.335 e. The van der Waals surface area contributed by atoms with E-state index in [1.807, 2.05) is 30.3 Å². The smallest absolute Gasteiger partial charge is 0.335 e. The minimum absolute atomic E-state index is 0.0300. The van der Waals surface area contributed by atoms with E-state index >= 15 is 0 Å². The summed E-state index contributed by atoms with van der Waals surface area (Å²) in [5.41, 5.74) is 7.54. The number of benzene rings is 1. The second-order valence-corrected chi connectivity index (χ2v) is 8.11. The molecule has 0 radical (unpaired) electrons. The number of nitrogens with one attached hydrogen (secondary N) is 1. The molecule has 3 aromatic rings. The van der Waals surface area contributed by atoms with Gasteiger partial charge in [-0.2, -0.15) is 0 Å². The molecule has 4 rings (SSSR count). The summed E-state index contributed by atoms with van der Waals surface area (Å²) in [6.45, 7) is 9.39. The van der Waals surface area contributed by atoms with Gasteiger partial charge in [0.05, 0.1) is 11.7 Å². The lowest BCUT2D eigenvalue weighted by Gasteiger charge is -2.21. The van der Waals surface area contributed by atoms with E-state index in [9.17, 15) is 4.79 Å². The Morgan fingerprint density at radius 2 is 1.94 bits per heavy atom. The van der Waals surface area contributed by atoms with E-state index in [4.69, 9.17) is 10.5 Å². The summed E-state index contributed by atoms with van der Waals surface area (Å²) in [4.78, 5) is 22.3. The van der Waals surface area contributed by atoms with Gasteiger partial charge in [-0.05, 0) is 55.8 Å². The number of fused-ring (bicyclic) bond motifs is 1. The molecule has 0 aliphatic carbocycles. The quantitative estimate of drug-likeness (QED) is 0.409. The number of nitrogens with zero attached hydrogens (tertiary/aromatic N) is 4. The van der Waals surface area contributed by atoms with Crippen molar-refractivity contribution < 1.29 is 4.74 Å². The van der Waals surface area contributed by atoms with Crippen molar-refractivity contribution in [3.8, 4) is 5.75 Å². The summed E-state index contributed by atoms with van der Waals surface area (Å²) < 4.78 is 9.14. The molecule has 8 heteroatoms. The van der Waals surface area contributed by atoms with Gasteiger partial charge in [0.1, 0.15) is 23.4 Å². The van der Waals surface area contributed by atoms with E-state index in [0.717, 1.165) is 32.2 Å². The number of rotatable bonds is 7. The first-order valence-electron chi connectivity index (χ1n) is 11.5. The molecule has 2 aromatic heterocycles. The van der Waals surface area contributed by atoms with Gasteiger partial charge in [0, 0.05) is 6.54 Å². The van der Waals surface area contributed by atoms with Gasteiger partial charge in [-0.3, -0.25) is 9.13 Å². The number of hydrogen-bond donors (Lipinski definition) is 2. The molecule has 3 heterocycles.